The van der Waals surface area contributed by atoms with Crippen molar-refractivity contribution in [2.24, 2.45) is 0 Å². The Morgan fingerprint density at radius 2 is 2.43 bits per heavy atom. The van der Waals surface area contributed by atoms with Crippen molar-refractivity contribution in [2.75, 3.05) is 0 Å². The zero-order chi connectivity index (χ0) is 10.6. The van der Waals surface area contributed by atoms with Gasteiger partial charge in [-0.05, 0) is 12.5 Å². The molecule has 1 atom stereocenters. The molecule has 1 aromatic heterocycles. The summed E-state index contributed by atoms with van der Waals surface area (Å²) in [5.41, 5.74) is -0.0963. The number of Topliss-reactive ketones (excluding diaryl/α,β-unsaturated/α-hetero) is 1. The number of ketones is 1. The standard InChI is InChI=1S/C10H12FNO2/c1-2-3-9(13)10(14)7-4-5-12-6-8(7)11/h4-6,9,13H,2-3H2,1H3. The number of hydrogen-bond acceptors (Lipinski definition) is 3. The molecule has 1 rings (SSSR count). The molecular formula is C10H12FNO2. The van der Waals surface area contributed by atoms with E-state index >= 15 is 0 Å². The largest absolute Gasteiger partial charge is 0.385 e. The predicted molar refractivity (Wildman–Crippen MR) is 49.4 cm³/mol. The third-order valence-electron chi connectivity index (χ3n) is 1.90. The zero-order valence-electron chi connectivity index (χ0n) is 7.90. The van der Waals surface area contributed by atoms with Crippen LogP contribution in [0.2, 0.25) is 0 Å². The molecule has 3 nitrogen and oxygen atoms in total. The molecule has 1 unspecified atom stereocenters. The van der Waals surface area contributed by atoms with Crippen molar-refractivity contribution < 1.29 is 14.3 Å². The van der Waals surface area contributed by atoms with Gasteiger partial charge in [-0.15, -0.1) is 0 Å². The van der Waals surface area contributed by atoms with E-state index in [0.717, 1.165) is 6.20 Å². The maximum absolute atomic E-state index is 13.0. The first-order valence-corrected chi connectivity index (χ1v) is 4.48. The van der Waals surface area contributed by atoms with Gasteiger partial charge >= 0.3 is 0 Å². The number of nitrogens with zero attached hydrogens (tertiary/aromatic N) is 1. The summed E-state index contributed by atoms with van der Waals surface area (Å²) in [7, 11) is 0. The van der Waals surface area contributed by atoms with Crippen molar-refractivity contribution in [3.8, 4) is 0 Å². The van der Waals surface area contributed by atoms with Gasteiger partial charge in [0.25, 0.3) is 0 Å². The number of carbonyl (C=O) groups is 1. The summed E-state index contributed by atoms with van der Waals surface area (Å²) in [5.74, 6) is -1.26. The van der Waals surface area contributed by atoms with Crippen molar-refractivity contribution >= 4 is 5.78 Å². The Hall–Kier alpha value is -1.29. The monoisotopic (exact) mass is 197 g/mol. The Morgan fingerprint density at radius 3 is 3.00 bits per heavy atom. The van der Waals surface area contributed by atoms with Crippen molar-refractivity contribution in [1.29, 1.82) is 0 Å². The lowest BCUT2D eigenvalue weighted by molar-refractivity contribution is 0.0724. The molecule has 0 radical (unpaired) electrons. The number of halogens is 1. The van der Waals surface area contributed by atoms with E-state index in [1.54, 1.807) is 0 Å². The van der Waals surface area contributed by atoms with Gasteiger partial charge in [0.1, 0.15) is 6.10 Å². The summed E-state index contributed by atoms with van der Waals surface area (Å²) < 4.78 is 13.0. The van der Waals surface area contributed by atoms with E-state index in [1.165, 1.54) is 12.3 Å². The lowest BCUT2D eigenvalue weighted by atomic mass is 10.0. The molecule has 1 aromatic rings. The quantitative estimate of drug-likeness (QED) is 0.745. The molecule has 0 spiro atoms. The van der Waals surface area contributed by atoms with Crippen molar-refractivity contribution in [3.05, 3.63) is 29.8 Å². The first-order valence-electron chi connectivity index (χ1n) is 4.48. The average molecular weight is 197 g/mol. The molecule has 0 aromatic carbocycles. The molecule has 0 fully saturated rings. The van der Waals surface area contributed by atoms with Crippen LogP contribution in [-0.2, 0) is 0 Å². The number of rotatable bonds is 4. The highest BCUT2D eigenvalue weighted by Crippen LogP contribution is 2.10. The molecule has 76 valence electrons. The molecule has 0 saturated carbocycles. The normalized spacial score (nSPS) is 12.5. The van der Waals surface area contributed by atoms with Crippen LogP contribution in [0.5, 0.6) is 0 Å². The minimum atomic E-state index is -1.11. The van der Waals surface area contributed by atoms with Gasteiger partial charge in [-0.1, -0.05) is 13.3 Å². The van der Waals surface area contributed by atoms with E-state index in [2.05, 4.69) is 4.98 Å². The average Bonchev–Trinajstić information content (AvgIpc) is 2.18. The minimum absolute atomic E-state index is 0.0963. The number of carbonyl (C=O) groups excluding carboxylic acids is 1. The maximum atomic E-state index is 13.0. The fourth-order valence-corrected chi connectivity index (χ4v) is 1.16. The van der Waals surface area contributed by atoms with Gasteiger partial charge in [0.15, 0.2) is 11.6 Å². The number of hydrogen-bond donors (Lipinski definition) is 1. The topological polar surface area (TPSA) is 50.2 Å². The van der Waals surface area contributed by atoms with Crippen LogP contribution in [0.15, 0.2) is 18.5 Å². The molecule has 0 aliphatic heterocycles. The second-order valence-electron chi connectivity index (χ2n) is 3.02. The van der Waals surface area contributed by atoms with E-state index in [0.29, 0.717) is 12.8 Å². The molecule has 1 N–H and O–H groups in total. The molecule has 0 amide bonds. The summed E-state index contributed by atoms with van der Waals surface area (Å²) in [4.78, 5) is 15.0. The van der Waals surface area contributed by atoms with Gasteiger partial charge in [-0.25, -0.2) is 4.39 Å². The zero-order valence-corrected chi connectivity index (χ0v) is 7.90. The van der Waals surface area contributed by atoms with Crippen LogP contribution in [0.3, 0.4) is 0 Å². The summed E-state index contributed by atoms with van der Waals surface area (Å²) in [6.07, 6.45) is 2.21. The van der Waals surface area contributed by atoms with E-state index in [-0.39, 0.29) is 5.56 Å². The fraction of sp³-hybridized carbons (Fsp3) is 0.400. The van der Waals surface area contributed by atoms with Crippen LogP contribution in [0.1, 0.15) is 30.1 Å². The molecule has 14 heavy (non-hydrogen) atoms. The van der Waals surface area contributed by atoms with Crippen molar-refractivity contribution in [3.63, 3.8) is 0 Å². The van der Waals surface area contributed by atoms with Gasteiger partial charge in [0.2, 0.25) is 0 Å². The lowest BCUT2D eigenvalue weighted by Gasteiger charge is -2.07. The molecule has 0 aliphatic rings. The third-order valence-corrected chi connectivity index (χ3v) is 1.90. The van der Waals surface area contributed by atoms with Gasteiger partial charge in [-0.3, -0.25) is 9.78 Å². The number of aromatic nitrogens is 1. The van der Waals surface area contributed by atoms with Crippen molar-refractivity contribution in [2.45, 2.75) is 25.9 Å². The Balaban J connectivity index is 2.84. The highest BCUT2D eigenvalue weighted by Gasteiger charge is 2.19. The van der Waals surface area contributed by atoms with Gasteiger partial charge in [0.05, 0.1) is 11.8 Å². The van der Waals surface area contributed by atoms with Crippen LogP contribution in [0, 0.1) is 5.82 Å². The molecule has 0 aliphatic carbocycles. The SMILES string of the molecule is CCCC(O)C(=O)c1ccncc1F. The van der Waals surface area contributed by atoms with Gasteiger partial charge < -0.3 is 5.11 Å². The second-order valence-corrected chi connectivity index (χ2v) is 3.02. The van der Waals surface area contributed by atoms with Gasteiger partial charge in [-0.2, -0.15) is 0 Å². The van der Waals surface area contributed by atoms with E-state index in [4.69, 9.17) is 0 Å². The van der Waals surface area contributed by atoms with E-state index in [1.807, 2.05) is 6.92 Å². The third kappa shape index (κ3) is 2.35. The second kappa shape index (κ2) is 4.81. The molecular weight excluding hydrogens is 185 g/mol. The number of aliphatic hydroxyl groups excluding tert-OH is 1. The lowest BCUT2D eigenvalue weighted by Crippen LogP contribution is -2.21. The fourth-order valence-electron chi connectivity index (χ4n) is 1.16. The molecule has 1 heterocycles. The summed E-state index contributed by atoms with van der Waals surface area (Å²) in [6, 6.07) is 1.27. The van der Waals surface area contributed by atoms with Crippen LogP contribution in [0.25, 0.3) is 0 Å². The highest BCUT2D eigenvalue weighted by atomic mass is 19.1. The summed E-state index contributed by atoms with van der Waals surface area (Å²) in [5, 5.41) is 9.36. The summed E-state index contributed by atoms with van der Waals surface area (Å²) >= 11 is 0. The Morgan fingerprint density at radius 1 is 1.71 bits per heavy atom. The van der Waals surface area contributed by atoms with Gasteiger partial charge in [0, 0.05) is 6.20 Å². The summed E-state index contributed by atoms with van der Waals surface area (Å²) in [6.45, 7) is 1.85. The van der Waals surface area contributed by atoms with Crippen molar-refractivity contribution in [1.82, 2.24) is 4.98 Å². The maximum Gasteiger partial charge on any atom is 0.194 e. The van der Waals surface area contributed by atoms with Crippen LogP contribution >= 0.6 is 0 Å². The smallest absolute Gasteiger partial charge is 0.194 e. The first kappa shape index (κ1) is 10.8. The highest BCUT2D eigenvalue weighted by molar-refractivity contribution is 5.99. The van der Waals surface area contributed by atoms with E-state index in [9.17, 15) is 14.3 Å². The molecule has 4 heteroatoms. The Labute approximate surface area is 81.6 Å². The first-order chi connectivity index (χ1) is 6.66. The molecule has 0 bridgehead atoms. The van der Waals surface area contributed by atoms with E-state index < -0.39 is 17.7 Å². The molecule has 0 saturated heterocycles. The number of pyridine rings is 1. The minimum Gasteiger partial charge on any atom is -0.385 e. The Bertz CT molecular complexity index is 328. The predicted octanol–water partition coefficient (Wildman–Crippen LogP) is 1.56. The van der Waals surface area contributed by atoms with Crippen LogP contribution in [-0.4, -0.2) is 22.0 Å². The van der Waals surface area contributed by atoms with Crippen LogP contribution < -0.4 is 0 Å². The number of aliphatic hydroxyl groups is 1. The van der Waals surface area contributed by atoms with Crippen LogP contribution in [0.4, 0.5) is 4.39 Å². The Kier molecular flexibility index (Phi) is 3.71.